The molecular weight excluding hydrogens is 156 g/mol. The maximum Gasteiger partial charge on any atom is 0.166 e. The minimum Gasteiger partial charge on any atom is -0.481 e. The fraction of sp³-hybridized carbons (Fsp3) is 0.778. The average molecular weight is 173 g/mol. The smallest absolute Gasteiger partial charge is 0.166 e. The van der Waals surface area contributed by atoms with E-state index >= 15 is 0 Å². The van der Waals surface area contributed by atoms with Gasteiger partial charge in [0.25, 0.3) is 0 Å². The Labute approximate surface area is 75.1 Å². The zero-order valence-electron chi connectivity index (χ0n) is 8.02. The van der Waals surface area contributed by atoms with Gasteiger partial charge >= 0.3 is 0 Å². The Morgan fingerprint density at radius 2 is 1.55 bits per heavy atom. The first-order valence-electron chi connectivity index (χ1n) is 3.72. The molecule has 0 bridgehead atoms. The summed E-state index contributed by atoms with van der Waals surface area (Å²) in [6.07, 6.45) is 0. The van der Waals surface area contributed by atoms with Gasteiger partial charge in [0.15, 0.2) is 5.05 Å². The standard InChI is InChI=1S/C9H17OS/c1-8(2,3)7(11)10-9(4,5)6/h1H2,2-6H3. The Balaban J connectivity index is 4.11. The van der Waals surface area contributed by atoms with Gasteiger partial charge in [0, 0.05) is 5.41 Å². The molecule has 0 fully saturated rings. The van der Waals surface area contributed by atoms with Crippen LogP contribution in [0.3, 0.4) is 0 Å². The van der Waals surface area contributed by atoms with Crippen LogP contribution in [0.1, 0.15) is 34.6 Å². The normalized spacial score (nSPS) is 12.9. The van der Waals surface area contributed by atoms with E-state index in [1.165, 1.54) is 0 Å². The van der Waals surface area contributed by atoms with Crippen LogP contribution in [0.15, 0.2) is 0 Å². The third-order valence-corrected chi connectivity index (χ3v) is 1.59. The van der Waals surface area contributed by atoms with E-state index in [2.05, 4.69) is 6.92 Å². The molecule has 0 aliphatic heterocycles. The molecule has 2 heteroatoms. The van der Waals surface area contributed by atoms with Crippen molar-refractivity contribution in [1.82, 2.24) is 0 Å². The first kappa shape index (κ1) is 10.9. The summed E-state index contributed by atoms with van der Waals surface area (Å²) in [6, 6.07) is 0. The third kappa shape index (κ3) is 5.19. The molecule has 0 amide bonds. The topological polar surface area (TPSA) is 9.23 Å². The van der Waals surface area contributed by atoms with Crippen molar-refractivity contribution < 1.29 is 4.74 Å². The van der Waals surface area contributed by atoms with E-state index in [9.17, 15) is 0 Å². The van der Waals surface area contributed by atoms with E-state index < -0.39 is 0 Å². The zero-order chi connectivity index (χ0) is 9.28. The second-order valence-electron chi connectivity index (χ2n) is 4.39. The Morgan fingerprint density at radius 3 is 1.64 bits per heavy atom. The summed E-state index contributed by atoms with van der Waals surface area (Å²) in [5.74, 6) is 0. The van der Waals surface area contributed by atoms with Gasteiger partial charge in [-0.15, -0.1) is 0 Å². The number of rotatable bonds is 1. The molecule has 11 heavy (non-hydrogen) atoms. The van der Waals surface area contributed by atoms with Gasteiger partial charge in [-0.05, 0) is 39.9 Å². The molecule has 0 aliphatic carbocycles. The van der Waals surface area contributed by atoms with Crippen LogP contribution >= 0.6 is 12.2 Å². The minimum absolute atomic E-state index is 0.202. The van der Waals surface area contributed by atoms with Gasteiger partial charge < -0.3 is 4.74 Å². The quantitative estimate of drug-likeness (QED) is 0.564. The molecule has 1 radical (unpaired) electrons. The van der Waals surface area contributed by atoms with Crippen LogP contribution in [-0.2, 0) is 4.74 Å². The third-order valence-electron chi connectivity index (χ3n) is 0.951. The van der Waals surface area contributed by atoms with Crippen LogP contribution < -0.4 is 0 Å². The van der Waals surface area contributed by atoms with Gasteiger partial charge in [-0.1, -0.05) is 13.8 Å². The second-order valence-corrected chi connectivity index (χ2v) is 4.76. The molecule has 0 saturated heterocycles. The molecular formula is C9H17OS. The largest absolute Gasteiger partial charge is 0.481 e. The maximum absolute atomic E-state index is 5.47. The van der Waals surface area contributed by atoms with Crippen molar-refractivity contribution in [3.63, 3.8) is 0 Å². The fourth-order valence-corrected chi connectivity index (χ4v) is 0.666. The highest BCUT2D eigenvalue weighted by Gasteiger charge is 2.23. The van der Waals surface area contributed by atoms with E-state index in [0.717, 1.165) is 0 Å². The highest BCUT2D eigenvalue weighted by Crippen LogP contribution is 2.21. The monoisotopic (exact) mass is 173 g/mol. The molecule has 0 aliphatic rings. The highest BCUT2D eigenvalue weighted by atomic mass is 32.1. The Bertz CT molecular complexity index is 148. The lowest BCUT2D eigenvalue weighted by atomic mass is 9.98. The Hall–Kier alpha value is -0.110. The number of hydrogen-bond acceptors (Lipinski definition) is 2. The van der Waals surface area contributed by atoms with Gasteiger partial charge in [-0.25, -0.2) is 0 Å². The van der Waals surface area contributed by atoms with Crippen LogP contribution in [0, 0.1) is 12.3 Å². The molecule has 0 N–H and O–H groups in total. The first-order chi connectivity index (χ1) is 4.63. The lowest BCUT2D eigenvalue weighted by Gasteiger charge is -2.28. The van der Waals surface area contributed by atoms with Gasteiger partial charge in [0.2, 0.25) is 0 Å². The molecule has 0 heterocycles. The van der Waals surface area contributed by atoms with Crippen LogP contribution in [0.5, 0.6) is 0 Å². The van der Waals surface area contributed by atoms with Crippen molar-refractivity contribution in [2.45, 2.75) is 40.2 Å². The lowest BCUT2D eigenvalue weighted by molar-refractivity contribution is 0.107. The van der Waals surface area contributed by atoms with Gasteiger partial charge in [-0.2, -0.15) is 0 Å². The molecule has 0 unspecified atom stereocenters. The average Bonchev–Trinajstić information content (AvgIpc) is 1.56. The van der Waals surface area contributed by atoms with Gasteiger partial charge in [0.1, 0.15) is 5.60 Å². The number of thiocarbonyl (C=S) groups is 1. The summed E-state index contributed by atoms with van der Waals surface area (Å²) < 4.78 is 5.47. The summed E-state index contributed by atoms with van der Waals surface area (Å²) in [5.41, 5.74) is -0.478. The van der Waals surface area contributed by atoms with Crippen LogP contribution in [0.4, 0.5) is 0 Å². The predicted molar refractivity (Wildman–Crippen MR) is 52.6 cm³/mol. The second kappa shape index (κ2) is 3.10. The molecule has 0 spiro atoms. The highest BCUT2D eigenvalue weighted by molar-refractivity contribution is 7.80. The van der Waals surface area contributed by atoms with Crippen molar-refractivity contribution in [3.05, 3.63) is 6.92 Å². The molecule has 0 rings (SSSR count). The van der Waals surface area contributed by atoms with Crippen molar-refractivity contribution in [1.29, 1.82) is 0 Å². The first-order valence-corrected chi connectivity index (χ1v) is 4.12. The van der Waals surface area contributed by atoms with Crippen molar-refractivity contribution in [2.75, 3.05) is 0 Å². The molecule has 0 aromatic carbocycles. The van der Waals surface area contributed by atoms with Gasteiger partial charge in [0.05, 0.1) is 0 Å². The molecule has 0 atom stereocenters. The number of hydrogen-bond donors (Lipinski definition) is 0. The van der Waals surface area contributed by atoms with Crippen molar-refractivity contribution >= 4 is 17.3 Å². The fourth-order valence-electron chi connectivity index (χ4n) is 0.416. The molecule has 65 valence electrons. The van der Waals surface area contributed by atoms with Crippen molar-refractivity contribution in [2.24, 2.45) is 5.41 Å². The summed E-state index contributed by atoms with van der Waals surface area (Å²) in [4.78, 5) is 0. The zero-order valence-corrected chi connectivity index (χ0v) is 8.84. The summed E-state index contributed by atoms with van der Waals surface area (Å²) in [6.45, 7) is 13.7. The van der Waals surface area contributed by atoms with E-state index in [1.807, 2.05) is 34.6 Å². The van der Waals surface area contributed by atoms with Crippen LogP contribution in [0.2, 0.25) is 0 Å². The molecule has 1 nitrogen and oxygen atoms in total. The Kier molecular flexibility index (Phi) is 3.06. The summed E-state index contributed by atoms with van der Waals surface area (Å²) >= 11 is 5.05. The molecule has 0 aromatic heterocycles. The maximum atomic E-state index is 5.47. The van der Waals surface area contributed by atoms with E-state index in [-0.39, 0.29) is 11.0 Å². The summed E-state index contributed by atoms with van der Waals surface area (Å²) in [5, 5.41) is 0.574. The minimum atomic E-state index is -0.275. The van der Waals surface area contributed by atoms with Gasteiger partial charge in [-0.3, -0.25) is 0 Å². The van der Waals surface area contributed by atoms with E-state index in [1.54, 1.807) is 0 Å². The van der Waals surface area contributed by atoms with E-state index in [0.29, 0.717) is 5.05 Å². The summed E-state index contributed by atoms with van der Waals surface area (Å²) in [7, 11) is 0. The molecule has 0 aromatic rings. The van der Waals surface area contributed by atoms with Crippen LogP contribution in [-0.4, -0.2) is 10.7 Å². The van der Waals surface area contributed by atoms with Crippen LogP contribution in [0.25, 0.3) is 0 Å². The predicted octanol–water partition coefficient (Wildman–Crippen LogP) is 2.99. The SMILES string of the molecule is [CH2]C(C)(C)C(=S)OC(C)(C)C. The van der Waals surface area contributed by atoms with Crippen molar-refractivity contribution in [3.8, 4) is 0 Å². The number of ether oxygens (including phenoxy) is 1. The lowest BCUT2D eigenvalue weighted by Crippen LogP contribution is -2.30. The molecule has 0 saturated carbocycles. The Morgan fingerprint density at radius 1 is 1.18 bits per heavy atom. The van der Waals surface area contributed by atoms with E-state index in [4.69, 9.17) is 17.0 Å².